The molecule has 0 saturated carbocycles. The van der Waals surface area contributed by atoms with Crippen molar-refractivity contribution in [3.8, 4) is 11.4 Å². The number of benzene rings is 2. The van der Waals surface area contributed by atoms with Crippen LogP contribution in [-0.2, 0) is 6.61 Å². The fourth-order valence-electron chi connectivity index (χ4n) is 2.74. The molecule has 3 aromatic rings. The first kappa shape index (κ1) is 19.6. The molecule has 144 valence electrons. The molecule has 0 fully saturated rings. The Bertz CT molecular complexity index is 1180. The molecule has 2 N–H and O–H groups in total. The second-order valence-corrected chi connectivity index (χ2v) is 6.66. The van der Waals surface area contributed by atoms with Gasteiger partial charge in [0.2, 0.25) is 0 Å². The number of nitrogens with one attached hydrogen (secondary N) is 2. The number of hydrogen-bond acceptors (Lipinski definition) is 5. The third kappa shape index (κ3) is 4.37. The normalized spacial score (nSPS) is 12.2. The Kier molecular flexibility index (Phi) is 6.39. The molecule has 0 unspecified atom stereocenters. The van der Waals surface area contributed by atoms with Crippen LogP contribution in [0.2, 0.25) is 0 Å². The van der Waals surface area contributed by atoms with Gasteiger partial charge in [-0.25, -0.2) is 9.36 Å². The molecule has 1 aromatic heterocycles. The second-order valence-electron chi connectivity index (χ2n) is 5.96. The van der Waals surface area contributed by atoms with Crippen molar-refractivity contribution in [3.05, 3.63) is 91.6 Å². The minimum Gasteiger partial charge on any atom is -0.489 e. The van der Waals surface area contributed by atoms with Gasteiger partial charge in [0, 0.05) is 19.3 Å². The number of hydrogen-bond donors (Lipinski definition) is 2. The molecule has 0 spiro atoms. The van der Waals surface area contributed by atoms with Gasteiger partial charge in [0.1, 0.15) is 12.4 Å². The summed E-state index contributed by atoms with van der Waals surface area (Å²) in [6, 6.07) is 16.7. The van der Waals surface area contributed by atoms with Crippen LogP contribution >= 0.6 is 11.8 Å². The topological polar surface area (TPSA) is 76.1 Å². The van der Waals surface area contributed by atoms with E-state index in [0.717, 1.165) is 10.1 Å². The Morgan fingerprint density at radius 3 is 2.64 bits per heavy atom. The van der Waals surface area contributed by atoms with Crippen molar-refractivity contribution in [2.75, 3.05) is 13.3 Å². The maximum absolute atomic E-state index is 13.0. The van der Waals surface area contributed by atoms with Crippen molar-refractivity contribution in [1.29, 1.82) is 0 Å². The van der Waals surface area contributed by atoms with Crippen LogP contribution in [0.5, 0.6) is 5.75 Å². The van der Waals surface area contributed by atoms with Crippen molar-refractivity contribution >= 4 is 23.4 Å². The molecule has 0 bridgehead atoms. The van der Waals surface area contributed by atoms with Crippen LogP contribution in [0.25, 0.3) is 17.3 Å². The molecule has 28 heavy (non-hydrogen) atoms. The van der Waals surface area contributed by atoms with Gasteiger partial charge in [-0.2, -0.15) is 0 Å². The van der Waals surface area contributed by atoms with E-state index >= 15 is 0 Å². The molecule has 3 rings (SSSR count). The van der Waals surface area contributed by atoms with Gasteiger partial charge in [-0.15, -0.1) is 11.8 Å². The minimum absolute atomic E-state index is 0.389. The Morgan fingerprint density at radius 2 is 1.93 bits per heavy atom. The lowest BCUT2D eigenvalue weighted by atomic mass is 10.2. The van der Waals surface area contributed by atoms with Gasteiger partial charge in [-0.1, -0.05) is 36.4 Å². The molecule has 6 nitrogen and oxygen atoms in total. The summed E-state index contributed by atoms with van der Waals surface area (Å²) in [5, 5.41) is 5.42. The zero-order valence-corrected chi connectivity index (χ0v) is 16.5. The van der Waals surface area contributed by atoms with Crippen molar-refractivity contribution in [3.63, 3.8) is 0 Å². The quantitative estimate of drug-likeness (QED) is 0.655. The molecule has 0 atom stereocenters. The maximum Gasteiger partial charge on any atom is 0.333 e. The van der Waals surface area contributed by atoms with Crippen molar-refractivity contribution in [2.45, 2.75) is 6.61 Å². The average molecular weight is 395 g/mol. The van der Waals surface area contributed by atoms with Crippen LogP contribution in [0.3, 0.4) is 0 Å². The van der Waals surface area contributed by atoms with E-state index in [2.05, 4.69) is 10.3 Å². The summed E-state index contributed by atoms with van der Waals surface area (Å²) in [5.41, 5.74) is 0.583. The highest BCUT2D eigenvalue weighted by atomic mass is 32.2. The second kappa shape index (κ2) is 9.14. The zero-order chi connectivity index (χ0) is 19.9. The lowest BCUT2D eigenvalue weighted by molar-refractivity contribution is 0.306. The van der Waals surface area contributed by atoms with Gasteiger partial charge in [-0.3, -0.25) is 4.79 Å². The smallest absolute Gasteiger partial charge is 0.333 e. The summed E-state index contributed by atoms with van der Waals surface area (Å²) in [4.78, 5) is 28.3. The molecular formula is C21H21N3O3S. The highest BCUT2D eigenvalue weighted by molar-refractivity contribution is 8.05. The molecule has 0 aliphatic rings. The number of aromatic amines is 1. The van der Waals surface area contributed by atoms with Crippen LogP contribution in [0, 0.1) is 0 Å². The zero-order valence-electron chi connectivity index (χ0n) is 15.6. The summed E-state index contributed by atoms with van der Waals surface area (Å²) in [6.45, 7) is 0.400. The third-order valence-corrected chi connectivity index (χ3v) is 4.49. The van der Waals surface area contributed by atoms with Gasteiger partial charge in [0.15, 0.2) is 0 Å². The Morgan fingerprint density at radius 1 is 1.14 bits per heavy atom. The summed E-state index contributed by atoms with van der Waals surface area (Å²) in [6.07, 6.45) is 3.45. The van der Waals surface area contributed by atoms with Gasteiger partial charge in [-0.05, 0) is 29.4 Å². The summed E-state index contributed by atoms with van der Waals surface area (Å²) in [7, 11) is 1.71. The minimum atomic E-state index is -0.509. The molecule has 0 radical (unpaired) electrons. The molecule has 1 heterocycles. The maximum atomic E-state index is 13.0. The van der Waals surface area contributed by atoms with E-state index in [1.54, 1.807) is 42.9 Å². The van der Waals surface area contributed by atoms with Gasteiger partial charge < -0.3 is 15.0 Å². The lowest BCUT2D eigenvalue weighted by Crippen LogP contribution is -2.53. The van der Waals surface area contributed by atoms with E-state index in [4.69, 9.17) is 4.74 Å². The highest BCUT2D eigenvalue weighted by Gasteiger charge is 2.08. The van der Waals surface area contributed by atoms with Crippen molar-refractivity contribution < 1.29 is 4.74 Å². The van der Waals surface area contributed by atoms with E-state index in [9.17, 15) is 9.59 Å². The van der Waals surface area contributed by atoms with Crippen molar-refractivity contribution in [1.82, 2.24) is 14.9 Å². The molecule has 0 amide bonds. The van der Waals surface area contributed by atoms with Crippen LogP contribution in [-0.4, -0.2) is 22.9 Å². The Hall–Kier alpha value is -3.19. The first-order chi connectivity index (χ1) is 13.6. The lowest BCUT2D eigenvalue weighted by Gasteiger charge is -2.09. The number of rotatable bonds is 6. The predicted octanol–water partition coefficient (Wildman–Crippen LogP) is 1.16. The molecule has 0 saturated heterocycles. The number of nitrogens with zero attached hydrogens (tertiary/aromatic N) is 1. The van der Waals surface area contributed by atoms with E-state index in [-0.39, 0.29) is 5.56 Å². The van der Waals surface area contributed by atoms with Crippen LogP contribution < -0.4 is 31.9 Å². The largest absolute Gasteiger partial charge is 0.489 e. The number of aromatic nitrogens is 2. The number of H-pyrrole nitrogens is 1. The van der Waals surface area contributed by atoms with E-state index in [1.165, 1.54) is 11.8 Å². The Labute approximate surface area is 166 Å². The molecule has 7 heteroatoms. The van der Waals surface area contributed by atoms with Crippen molar-refractivity contribution in [2.24, 2.45) is 0 Å². The number of thioether (sulfide) groups is 1. The van der Waals surface area contributed by atoms with E-state index in [0.29, 0.717) is 28.6 Å². The predicted molar refractivity (Wildman–Crippen MR) is 114 cm³/mol. The van der Waals surface area contributed by atoms with Crippen LogP contribution in [0.1, 0.15) is 5.56 Å². The monoisotopic (exact) mass is 395 g/mol. The van der Waals surface area contributed by atoms with E-state index < -0.39 is 5.69 Å². The fraction of sp³-hybridized carbons (Fsp3) is 0.143. The van der Waals surface area contributed by atoms with Crippen LogP contribution in [0.15, 0.2) is 64.2 Å². The third-order valence-electron chi connectivity index (χ3n) is 4.02. The van der Waals surface area contributed by atoms with E-state index in [1.807, 2.05) is 36.6 Å². The van der Waals surface area contributed by atoms with Gasteiger partial charge in [0.05, 0.1) is 16.3 Å². The average Bonchev–Trinajstić information content (AvgIpc) is 2.71. The molecule has 0 aliphatic heterocycles. The van der Waals surface area contributed by atoms with Crippen LogP contribution in [0.4, 0.5) is 0 Å². The molecule has 0 aliphatic carbocycles. The highest BCUT2D eigenvalue weighted by Crippen LogP contribution is 2.16. The summed E-state index contributed by atoms with van der Waals surface area (Å²) in [5.74, 6) is 0.578. The Balaban J connectivity index is 2.04. The fourth-order valence-corrected chi connectivity index (χ4v) is 3.21. The number of ether oxygens (including phenoxy) is 1. The standard InChI is InChI=1S/C21H21N3O3S/c1-22-12-19-18(14-28-2)20(25)24(21(26)23-19)16-9-6-10-17(11-16)27-13-15-7-4-3-5-8-15/h3-12,14,22H,13H2,1-2H3,(H,23,26)/b18-14+,19-12+. The summed E-state index contributed by atoms with van der Waals surface area (Å²) < 4.78 is 6.93. The molecular weight excluding hydrogens is 374 g/mol. The summed E-state index contributed by atoms with van der Waals surface area (Å²) >= 11 is 1.39. The first-order valence-electron chi connectivity index (χ1n) is 8.67. The van der Waals surface area contributed by atoms with Gasteiger partial charge >= 0.3 is 5.69 Å². The van der Waals surface area contributed by atoms with Gasteiger partial charge in [0.25, 0.3) is 5.56 Å². The SMILES string of the molecule is CN/C=c1/[nH]c(=O)n(-c2cccc(OCc3ccccc3)c2)c(=O)/c1=C/SC. The first-order valence-corrected chi connectivity index (χ1v) is 9.96. The molecule has 2 aromatic carbocycles.